The van der Waals surface area contributed by atoms with Gasteiger partial charge < -0.3 is 14.5 Å². The predicted molar refractivity (Wildman–Crippen MR) is 81.8 cm³/mol. The maximum absolute atomic E-state index is 12.3. The average molecular weight is 307 g/mol. The number of hydrogen-bond acceptors (Lipinski definition) is 5. The Balaban J connectivity index is 1.67. The number of rotatable bonds is 4. The van der Waals surface area contributed by atoms with Gasteiger partial charge in [-0.15, -0.1) is 0 Å². The first-order valence-electron chi connectivity index (χ1n) is 8.22. The summed E-state index contributed by atoms with van der Waals surface area (Å²) in [5, 5.41) is 3.06. The van der Waals surface area contributed by atoms with Gasteiger partial charge >= 0.3 is 0 Å². The fraction of sp³-hybridized carbons (Fsp3) is 0.750. The number of aromatic nitrogens is 1. The Bertz CT molecular complexity index is 502. The van der Waals surface area contributed by atoms with Crippen molar-refractivity contribution >= 4 is 5.91 Å². The normalized spacial score (nSPS) is 22.4. The summed E-state index contributed by atoms with van der Waals surface area (Å²) >= 11 is 0. The van der Waals surface area contributed by atoms with E-state index in [0.29, 0.717) is 18.0 Å². The molecule has 0 saturated carbocycles. The van der Waals surface area contributed by atoms with Gasteiger partial charge in [-0.2, -0.15) is 0 Å². The molecule has 122 valence electrons. The molecule has 2 fully saturated rings. The minimum Gasteiger partial charge on any atom is -0.438 e. The number of piperidine rings is 1. The van der Waals surface area contributed by atoms with Crippen LogP contribution < -0.4 is 5.32 Å². The highest BCUT2D eigenvalue weighted by molar-refractivity contribution is 5.92. The summed E-state index contributed by atoms with van der Waals surface area (Å²) in [7, 11) is 0. The topological polar surface area (TPSA) is 67.6 Å². The number of amides is 1. The molecular formula is C16H25N3O3. The van der Waals surface area contributed by atoms with E-state index in [1.165, 1.54) is 25.7 Å². The molecule has 1 amide bonds. The van der Waals surface area contributed by atoms with Crippen LogP contribution in [0.3, 0.4) is 0 Å². The first-order valence-corrected chi connectivity index (χ1v) is 8.22. The van der Waals surface area contributed by atoms with Gasteiger partial charge in [0.15, 0.2) is 6.39 Å². The lowest BCUT2D eigenvalue weighted by atomic mass is 9.86. The summed E-state index contributed by atoms with van der Waals surface area (Å²) in [6, 6.07) is 0. The van der Waals surface area contributed by atoms with Crippen molar-refractivity contribution in [3.05, 3.63) is 17.8 Å². The lowest BCUT2D eigenvalue weighted by Gasteiger charge is -2.48. The molecule has 22 heavy (non-hydrogen) atoms. The summed E-state index contributed by atoms with van der Waals surface area (Å²) in [5.41, 5.74) is 0.666. The molecule has 1 aromatic rings. The molecule has 2 saturated heterocycles. The van der Waals surface area contributed by atoms with Gasteiger partial charge in [-0.05, 0) is 45.7 Å². The van der Waals surface area contributed by atoms with E-state index in [-0.39, 0.29) is 11.4 Å². The van der Waals surface area contributed by atoms with Crippen LogP contribution >= 0.6 is 0 Å². The predicted octanol–water partition coefficient (Wildman–Crippen LogP) is 1.75. The number of nitrogens with zero attached hydrogens (tertiary/aromatic N) is 2. The second-order valence-electron chi connectivity index (χ2n) is 6.33. The van der Waals surface area contributed by atoms with Crippen molar-refractivity contribution in [3.63, 3.8) is 0 Å². The highest BCUT2D eigenvalue weighted by Gasteiger charge is 2.39. The number of carbonyl (C=O) groups is 1. The number of hydrogen-bond donors (Lipinski definition) is 1. The van der Waals surface area contributed by atoms with E-state index in [2.05, 4.69) is 15.2 Å². The molecule has 0 aliphatic carbocycles. The summed E-state index contributed by atoms with van der Waals surface area (Å²) in [4.78, 5) is 18.8. The number of carbonyl (C=O) groups excluding carboxylic acids is 1. The Kier molecular flexibility index (Phi) is 4.78. The molecule has 2 aliphatic heterocycles. The first-order chi connectivity index (χ1) is 10.7. The van der Waals surface area contributed by atoms with Crippen LogP contribution in [0.1, 0.15) is 48.4 Å². The molecule has 3 heterocycles. The molecule has 6 heteroatoms. The Morgan fingerprint density at radius 3 is 2.68 bits per heavy atom. The van der Waals surface area contributed by atoms with Crippen molar-refractivity contribution < 1.29 is 13.9 Å². The van der Waals surface area contributed by atoms with E-state index in [4.69, 9.17) is 9.15 Å². The lowest BCUT2D eigenvalue weighted by molar-refractivity contribution is -0.0349. The minimum absolute atomic E-state index is 0.0300. The maximum atomic E-state index is 12.3. The lowest BCUT2D eigenvalue weighted by Crippen LogP contribution is -2.59. The molecule has 0 aromatic carbocycles. The van der Waals surface area contributed by atoms with E-state index in [9.17, 15) is 4.79 Å². The van der Waals surface area contributed by atoms with Crippen LogP contribution in [-0.2, 0) is 4.74 Å². The third kappa shape index (κ3) is 3.17. The molecule has 0 atom stereocenters. The van der Waals surface area contributed by atoms with Gasteiger partial charge in [-0.25, -0.2) is 4.98 Å². The number of likely N-dealkylation sites (tertiary alicyclic amines) is 1. The Hall–Kier alpha value is -1.40. The molecular weight excluding hydrogens is 282 g/mol. The molecule has 0 bridgehead atoms. The molecule has 0 spiro atoms. The molecule has 3 rings (SSSR count). The molecule has 0 radical (unpaired) electrons. The van der Waals surface area contributed by atoms with Crippen LogP contribution in [0.15, 0.2) is 10.8 Å². The molecule has 1 aromatic heterocycles. The molecule has 0 unspecified atom stereocenters. The van der Waals surface area contributed by atoms with Crippen molar-refractivity contribution in [3.8, 4) is 0 Å². The van der Waals surface area contributed by atoms with Crippen LogP contribution in [-0.4, -0.2) is 54.2 Å². The Morgan fingerprint density at radius 2 is 2.05 bits per heavy atom. The zero-order valence-electron chi connectivity index (χ0n) is 13.3. The van der Waals surface area contributed by atoms with Gasteiger partial charge in [-0.1, -0.05) is 6.42 Å². The summed E-state index contributed by atoms with van der Waals surface area (Å²) < 4.78 is 10.7. The average Bonchev–Trinajstić information content (AvgIpc) is 3.00. The first kappa shape index (κ1) is 15.5. The van der Waals surface area contributed by atoms with Crippen molar-refractivity contribution in [1.29, 1.82) is 0 Å². The third-order valence-electron chi connectivity index (χ3n) is 4.98. The van der Waals surface area contributed by atoms with Crippen LogP contribution in [0, 0.1) is 6.92 Å². The molecule has 6 nitrogen and oxygen atoms in total. The SMILES string of the molecule is Cc1ncoc1C(=O)NCC1(N2CCCCC2)CCOCC1. The zero-order chi connectivity index (χ0) is 15.4. The van der Waals surface area contributed by atoms with Crippen LogP contribution in [0.25, 0.3) is 0 Å². The number of ether oxygens (including phenoxy) is 1. The van der Waals surface area contributed by atoms with Crippen molar-refractivity contribution in [2.75, 3.05) is 32.8 Å². The van der Waals surface area contributed by atoms with E-state index in [1.807, 2.05) is 0 Å². The van der Waals surface area contributed by atoms with Gasteiger partial charge in [0, 0.05) is 25.3 Å². The fourth-order valence-electron chi connectivity index (χ4n) is 3.57. The van der Waals surface area contributed by atoms with Gasteiger partial charge in [0.1, 0.15) is 0 Å². The highest BCUT2D eigenvalue weighted by Crippen LogP contribution is 2.30. The van der Waals surface area contributed by atoms with E-state index in [1.54, 1.807) is 6.92 Å². The second kappa shape index (κ2) is 6.79. The smallest absolute Gasteiger partial charge is 0.289 e. The van der Waals surface area contributed by atoms with Crippen molar-refractivity contribution in [2.24, 2.45) is 0 Å². The summed E-state index contributed by atoms with van der Waals surface area (Å²) in [5.74, 6) is 0.152. The van der Waals surface area contributed by atoms with Gasteiger partial charge in [0.25, 0.3) is 5.91 Å². The minimum atomic E-state index is -0.169. The van der Waals surface area contributed by atoms with Crippen molar-refractivity contribution in [1.82, 2.24) is 15.2 Å². The fourth-order valence-corrected chi connectivity index (χ4v) is 3.57. The van der Waals surface area contributed by atoms with Gasteiger partial charge in [0.2, 0.25) is 5.76 Å². The van der Waals surface area contributed by atoms with E-state index >= 15 is 0 Å². The standard InChI is InChI=1S/C16H25N3O3/c1-13-14(22-12-18-13)15(20)17-11-16(5-9-21-10-6-16)19-7-3-2-4-8-19/h12H,2-11H2,1H3,(H,17,20). The monoisotopic (exact) mass is 307 g/mol. The van der Waals surface area contributed by atoms with Crippen LogP contribution in [0.4, 0.5) is 0 Å². The summed E-state index contributed by atoms with van der Waals surface area (Å²) in [6.07, 6.45) is 7.08. The third-order valence-corrected chi connectivity index (χ3v) is 4.98. The number of oxazole rings is 1. The summed E-state index contributed by atoms with van der Waals surface area (Å²) in [6.45, 7) is 6.22. The second-order valence-corrected chi connectivity index (χ2v) is 6.33. The Labute approximate surface area is 131 Å². The largest absolute Gasteiger partial charge is 0.438 e. The van der Waals surface area contributed by atoms with Gasteiger partial charge in [-0.3, -0.25) is 9.69 Å². The van der Waals surface area contributed by atoms with E-state index < -0.39 is 0 Å². The zero-order valence-corrected chi connectivity index (χ0v) is 13.3. The Morgan fingerprint density at radius 1 is 1.32 bits per heavy atom. The van der Waals surface area contributed by atoms with Crippen LogP contribution in [0.5, 0.6) is 0 Å². The van der Waals surface area contributed by atoms with E-state index in [0.717, 1.165) is 39.1 Å². The number of nitrogens with one attached hydrogen (secondary N) is 1. The maximum Gasteiger partial charge on any atom is 0.289 e. The van der Waals surface area contributed by atoms with Crippen LogP contribution in [0.2, 0.25) is 0 Å². The quantitative estimate of drug-likeness (QED) is 0.918. The molecule has 2 aliphatic rings. The number of aryl methyl sites for hydroxylation is 1. The molecule has 1 N–H and O–H groups in total. The highest BCUT2D eigenvalue weighted by atomic mass is 16.5. The van der Waals surface area contributed by atoms with Gasteiger partial charge in [0.05, 0.1) is 5.69 Å². The van der Waals surface area contributed by atoms with Crippen molar-refractivity contribution in [2.45, 2.75) is 44.6 Å².